The number of aliphatic hydroxyl groups excluding tert-OH is 1. The summed E-state index contributed by atoms with van der Waals surface area (Å²) in [5.74, 6) is 0.431. The second kappa shape index (κ2) is 10.3. The monoisotopic (exact) mass is 351 g/mol. The van der Waals surface area contributed by atoms with Crippen LogP contribution < -0.4 is 10.1 Å². The molecule has 0 atom stereocenters. The van der Waals surface area contributed by atoms with E-state index in [1.807, 2.05) is 12.1 Å². The Bertz CT molecular complexity index is 637. The van der Waals surface area contributed by atoms with Gasteiger partial charge in [0.1, 0.15) is 18.2 Å². The molecule has 2 N–H and O–H groups in total. The van der Waals surface area contributed by atoms with Crippen LogP contribution >= 0.6 is 11.6 Å². The van der Waals surface area contributed by atoms with Crippen LogP contribution in [0.2, 0.25) is 5.02 Å². The van der Waals surface area contributed by atoms with Gasteiger partial charge in [0.15, 0.2) is 0 Å². The molecule has 2 aromatic rings. The zero-order chi connectivity index (χ0) is 17.2. The third-order valence-electron chi connectivity index (χ3n) is 3.69. The van der Waals surface area contributed by atoms with Crippen LogP contribution in [0.15, 0.2) is 42.5 Å². The molecular formula is C19H23ClFNO2. The summed E-state index contributed by atoms with van der Waals surface area (Å²) in [6, 6.07) is 12.0. The lowest BCUT2D eigenvalue weighted by Gasteiger charge is -2.13. The predicted molar refractivity (Wildman–Crippen MR) is 94.8 cm³/mol. The van der Waals surface area contributed by atoms with Crippen LogP contribution in [-0.4, -0.2) is 18.3 Å². The van der Waals surface area contributed by atoms with Crippen LogP contribution in [0.1, 0.15) is 30.4 Å². The number of benzene rings is 2. The fourth-order valence-corrected chi connectivity index (χ4v) is 2.55. The Morgan fingerprint density at radius 3 is 2.67 bits per heavy atom. The smallest absolute Gasteiger partial charge is 0.129 e. The third kappa shape index (κ3) is 6.11. The van der Waals surface area contributed by atoms with Crippen molar-refractivity contribution in [2.75, 3.05) is 13.2 Å². The van der Waals surface area contributed by atoms with E-state index in [4.69, 9.17) is 21.4 Å². The first-order chi connectivity index (χ1) is 11.7. The van der Waals surface area contributed by atoms with Gasteiger partial charge in [-0.1, -0.05) is 29.8 Å². The van der Waals surface area contributed by atoms with Gasteiger partial charge in [0.2, 0.25) is 0 Å². The largest absolute Gasteiger partial charge is 0.488 e. The molecule has 5 heteroatoms. The molecule has 130 valence electrons. The highest BCUT2D eigenvalue weighted by atomic mass is 35.5. The van der Waals surface area contributed by atoms with E-state index in [2.05, 4.69) is 5.32 Å². The van der Waals surface area contributed by atoms with Gasteiger partial charge < -0.3 is 15.2 Å². The van der Waals surface area contributed by atoms with Crippen molar-refractivity contribution in [1.82, 2.24) is 5.32 Å². The summed E-state index contributed by atoms with van der Waals surface area (Å²) < 4.78 is 19.5. The van der Waals surface area contributed by atoms with Crippen molar-refractivity contribution in [2.45, 2.75) is 32.4 Å². The average Bonchev–Trinajstić information content (AvgIpc) is 2.58. The zero-order valence-electron chi connectivity index (χ0n) is 13.6. The van der Waals surface area contributed by atoms with Gasteiger partial charge in [0, 0.05) is 29.3 Å². The maximum absolute atomic E-state index is 13.7. The van der Waals surface area contributed by atoms with E-state index in [0.717, 1.165) is 31.4 Å². The number of ether oxygens (including phenoxy) is 1. The van der Waals surface area contributed by atoms with Gasteiger partial charge in [0.25, 0.3) is 0 Å². The quantitative estimate of drug-likeness (QED) is 0.627. The van der Waals surface area contributed by atoms with Crippen molar-refractivity contribution < 1.29 is 14.2 Å². The second-order valence-corrected chi connectivity index (χ2v) is 6.03. The fraction of sp³-hybridized carbons (Fsp3) is 0.368. The molecule has 3 nitrogen and oxygen atoms in total. The van der Waals surface area contributed by atoms with Crippen molar-refractivity contribution in [3.63, 3.8) is 0 Å². The molecule has 0 aromatic heterocycles. The van der Waals surface area contributed by atoms with E-state index >= 15 is 0 Å². The molecule has 0 spiro atoms. The fourth-order valence-electron chi connectivity index (χ4n) is 2.36. The molecule has 0 aliphatic rings. The molecule has 0 heterocycles. The molecule has 2 aromatic carbocycles. The van der Waals surface area contributed by atoms with Crippen LogP contribution in [0, 0.1) is 5.82 Å². The molecule has 0 fully saturated rings. The van der Waals surface area contributed by atoms with Crippen molar-refractivity contribution in [1.29, 1.82) is 0 Å². The molecule has 0 radical (unpaired) electrons. The minimum absolute atomic E-state index is 0.178. The Labute approximate surface area is 147 Å². The Hall–Kier alpha value is -1.62. The topological polar surface area (TPSA) is 41.5 Å². The summed E-state index contributed by atoms with van der Waals surface area (Å²) in [5.41, 5.74) is 1.47. The van der Waals surface area contributed by atoms with E-state index in [-0.39, 0.29) is 19.0 Å². The minimum Gasteiger partial charge on any atom is -0.488 e. The molecule has 24 heavy (non-hydrogen) atoms. The zero-order valence-corrected chi connectivity index (χ0v) is 14.4. The predicted octanol–water partition coefficient (Wildman–Crippen LogP) is 4.31. The number of halogens is 2. The molecule has 0 saturated heterocycles. The molecule has 0 bridgehead atoms. The molecular weight excluding hydrogens is 329 g/mol. The summed E-state index contributed by atoms with van der Waals surface area (Å²) >= 11 is 6.07. The Kier molecular flexibility index (Phi) is 8.02. The molecule has 0 aliphatic heterocycles. The van der Waals surface area contributed by atoms with Crippen LogP contribution in [0.3, 0.4) is 0 Å². The first-order valence-electron chi connectivity index (χ1n) is 8.17. The lowest BCUT2D eigenvalue weighted by atomic mass is 10.2. The summed E-state index contributed by atoms with van der Waals surface area (Å²) in [6.07, 6.45) is 2.83. The van der Waals surface area contributed by atoms with E-state index in [1.54, 1.807) is 24.3 Å². The molecule has 0 aliphatic carbocycles. The number of unbranched alkanes of at least 4 members (excludes halogenated alkanes) is 2. The van der Waals surface area contributed by atoms with Crippen LogP contribution in [0.5, 0.6) is 5.75 Å². The molecule has 2 rings (SSSR count). The van der Waals surface area contributed by atoms with Crippen molar-refractivity contribution in [2.24, 2.45) is 0 Å². The average molecular weight is 352 g/mol. The van der Waals surface area contributed by atoms with E-state index in [1.165, 1.54) is 6.07 Å². The Morgan fingerprint density at radius 1 is 1.04 bits per heavy atom. The Morgan fingerprint density at radius 2 is 1.88 bits per heavy atom. The van der Waals surface area contributed by atoms with Crippen LogP contribution in [0.25, 0.3) is 0 Å². The number of aliphatic hydroxyl groups is 1. The van der Waals surface area contributed by atoms with Gasteiger partial charge in [-0.05, 0) is 50.1 Å². The minimum atomic E-state index is -0.268. The highest BCUT2D eigenvalue weighted by Crippen LogP contribution is 2.24. The van der Waals surface area contributed by atoms with E-state index in [9.17, 15) is 4.39 Å². The first kappa shape index (κ1) is 18.7. The van der Waals surface area contributed by atoms with E-state index in [0.29, 0.717) is 22.9 Å². The highest BCUT2D eigenvalue weighted by Gasteiger charge is 2.07. The van der Waals surface area contributed by atoms with Gasteiger partial charge in [0.05, 0.1) is 0 Å². The number of rotatable bonds is 10. The van der Waals surface area contributed by atoms with Gasteiger partial charge in [-0.25, -0.2) is 4.39 Å². The van der Waals surface area contributed by atoms with Gasteiger partial charge in [-0.3, -0.25) is 0 Å². The second-order valence-electron chi connectivity index (χ2n) is 5.59. The highest BCUT2D eigenvalue weighted by molar-refractivity contribution is 6.30. The molecule has 0 amide bonds. The lowest BCUT2D eigenvalue weighted by molar-refractivity contribution is 0.282. The van der Waals surface area contributed by atoms with Crippen LogP contribution in [-0.2, 0) is 13.2 Å². The van der Waals surface area contributed by atoms with Gasteiger partial charge in [-0.15, -0.1) is 0 Å². The summed E-state index contributed by atoms with van der Waals surface area (Å²) in [7, 11) is 0. The maximum Gasteiger partial charge on any atom is 0.129 e. The third-order valence-corrected chi connectivity index (χ3v) is 3.93. The maximum atomic E-state index is 13.7. The van der Waals surface area contributed by atoms with Crippen molar-refractivity contribution >= 4 is 11.6 Å². The number of hydrogen-bond donors (Lipinski definition) is 2. The van der Waals surface area contributed by atoms with Crippen molar-refractivity contribution in [3.05, 3.63) is 64.4 Å². The van der Waals surface area contributed by atoms with Gasteiger partial charge in [-0.2, -0.15) is 0 Å². The Balaban J connectivity index is 1.91. The number of nitrogens with one attached hydrogen (secondary N) is 1. The SMILES string of the molecule is OCCCCCNCc1cc(Cl)ccc1OCc1ccccc1F. The van der Waals surface area contributed by atoms with Crippen LogP contribution in [0.4, 0.5) is 4.39 Å². The number of hydrogen-bond acceptors (Lipinski definition) is 3. The summed E-state index contributed by atoms with van der Waals surface area (Å²) in [6.45, 7) is 1.91. The standard InChI is InChI=1S/C19H23ClFNO2/c20-17-8-9-19(24-14-15-6-2-3-7-18(15)21)16(12-17)13-22-10-4-1-5-11-23/h2-3,6-9,12,22-23H,1,4-5,10-11,13-14H2. The van der Waals surface area contributed by atoms with E-state index < -0.39 is 0 Å². The molecule has 0 saturated carbocycles. The van der Waals surface area contributed by atoms with Crippen molar-refractivity contribution in [3.8, 4) is 5.75 Å². The summed E-state index contributed by atoms with van der Waals surface area (Å²) in [4.78, 5) is 0. The summed E-state index contributed by atoms with van der Waals surface area (Å²) in [5, 5.41) is 12.7. The first-order valence-corrected chi connectivity index (χ1v) is 8.54. The molecule has 0 unspecified atom stereocenters. The lowest BCUT2D eigenvalue weighted by Crippen LogP contribution is -2.15. The normalized spacial score (nSPS) is 10.8. The van der Waals surface area contributed by atoms with Gasteiger partial charge >= 0.3 is 0 Å².